The van der Waals surface area contributed by atoms with Crippen LogP contribution >= 0.6 is 15.9 Å². The smallest absolute Gasteiger partial charge is 0.266 e. The van der Waals surface area contributed by atoms with Gasteiger partial charge in [0.25, 0.3) is 5.92 Å². The minimum Gasteiger partial charge on any atom is -0.364 e. The van der Waals surface area contributed by atoms with Gasteiger partial charge in [-0.3, -0.25) is 0 Å². The highest BCUT2D eigenvalue weighted by Gasteiger charge is 2.39. The minimum absolute atomic E-state index is 0.0789. The molecule has 2 heterocycles. The third-order valence-corrected chi connectivity index (χ3v) is 3.33. The SMILES string of the molecule is CN(C)Cc1nc(Br)ccc1N1CCC(F)(F)C1. The molecule has 0 saturated carbocycles. The van der Waals surface area contributed by atoms with Crippen molar-refractivity contribution < 1.29 is 8.78 Å². The molecule has 100 valence electrons. The van der Waals surface area contributed by atoms with Crippen LogP contribution in [0.4, 0.5) is 14.5 Å². The van der Waals surface area contributed by atoms with Crippen LogP contribution in [0.3, 0.4) is 0 Å². The molecule has 3 nitrogen and oxygen atoms in total. The van der Waals surface area contributed by atoms with Gasteiger partial charge in [-0.05, 0) is 42.2 Å². The number of anilines is 1. The van der Waals surface area contributed by atoms with Gasteiger partial charge in [-0.2, -0.15) is 0 Å². The topological polar surface area (TPSA) is 19.4 Å². The molecular weight excluding hydrogens is 304 g/mol. The normalized spacial score (nSPS) is 18.7. The fraction of sp³-hybridized carbons (Fsp3) is 0.583. The summed E-state index contributed by atoms with van der Waals surface area (Å²) < 4.78 is 27.3. The lowest BCUT2D eigenvalue weighted by Gasteiger charge is -2.22. The maximum atomic E-state index is 13.3. The summed E-state index contributed by atoms with van der Waals surface area (Å²) in [6, 6.07) is 3.66. The molecule has 18 heavy (non-hydrogen) atoms. The molecule has 0 aromatic carbocycles. The number of pyridine rings is 1. The summed E-state index contributed by atoms with van der Waals surface area (Å²) in [5, 5.41) is 0. The van der Waals surface area contributed by atoms with E-state index in [9.17, 15) is 8.78 Å². The van der Waals surface area contributed by atoms with Gasteiger partial charge in [-0.25, -0.2) is 13.8 Å². The zero-order chi connectivity index (χ0) is 13.3. The van der Waals surface area contributed by atoms with E-state index < -0.39 is 5.92 Å². The van der Waals surface area contributed by atoms with E-state index in [0.29, 0.717) is 13.1 Å². The number of hydrogen-bond acceptors (Lipinski definition) is 3. The van der Waals surface area contributed by atoms with E-state index in [4.69, 9.17) is 0 Å². The van der Waals surface area contributed by atoms with Crippen LogP contribution < -0.4 is 4.90 Å². The number of halogens is 3. The highest BCUT2D eigenvalue weighted by Crippen LogP contribution is 2.32. The number of alkyl halides is 2. The lowest BCUT2D eigenvalue weighted by Crippen LogP contribution is -2.27. The zero-order valence-electron chi connectivity index (χ0n) is 10.5. The molecule has 1 saturated heterocycles. The second-order valence-electron chi connectivity index (χ2n) is 4.87. The van der Waals surface area contributed by atoms with E-state index in [1.165, 1.54) is 0 Å². The second kappa shape index (κ2) is 5.09. The third kappa shape index (κ3) is 3.17. The Bertz CT molecular complexity index is 437. The van der Waals surface area contributed by atoms with E-state index in [-0.39, 0.29) is 13.0 Å². The molecule has 0 bridgehead atoms. The van der Waals surface area contributed by atoms with Crippen molar-refractivity contribution in [2.75, 3.05) is 32.1 Å². The van der Waals surface area contributed by atoms with E-state index in [0.717, 1.165) is 16.0 Å². The molecule has 2 rings (SSSR count). The monoisotopic (exact) mass is 319 g/mol. The van der Waals surface area contributed by atoms with Gasteiger partial charge in [0.2, 0.25) is 0 Å². The van der Waals surface area contributed by atoms with Crippen molar-refractivity contribution >= 4 is 21.6 Å². The summed E-state index contributed by atoms with van der Waals surface area (Å²) in [4.78, 5) is 8.09. The van der Waals surface area contributed by atoms with Crippen molar-refractivity contribution in [1.82, 2.24) is 9.88 Å². The molecule has 0 unspecified atom stereocenters. The Labute approximate surface area is 114 Å². The first-order valence-corrected chi connectivity index (χ1v) is 6.60. The lowest BCUT2D eigenvalue weighted by molar-refractivity contribution is 0.0257. The van der Waals surface area contributed by atoms with E-state index in [1.54, 1.807) is 11.0 Å². The number of nitrogens with zero attached hydrogens (tertiary/aromatic N) is 3. The molecule has 1 aliphatic heterocycles. The molecule has 1 aliphatic rings. The van der Waals surface area contributed by atoms with Crippen molar-refractivity contribution in [3.05, 3.63) is 22.4 Å². The van der Waals surface area contributed by atoms with Gasteiger partial charge in [0.1, 0.15) is 4.60 Å². The van der Waals surface area contributed by atoms with Crippen LogP contribution in [0.5, 0.6) is 0 Å². The van der Waals surface area contributed by atoms with Crippen molar-refractivity contribution in [3.8, 4) is 0 Å². The Morgan fingerprint density at radius 2 is 2.17 bits per heavy atom. The van der Waals surface area contributed by atoms with Gasteiger partial charge >= 0.3 is 0 Å². The summed E-state index contributed by atoms with van der Waals surface area (Å²) in [5.74, 6) is -2.58. The van der Waals surface area contributed by atoms with Crippen LogP contribution in [0.25, 0.3) is 0 Å². The third-order valence-electron chi connectivity index (χ3n) is 2.89. The van der Waals surface area contributed by atoms with Crippen molar-refractivity contribution in [2.45, 2.75) is 18.9 Å². The first kappa shape index (κ1) is 13.7. The van der Waals surface area contributed by atoms with Gasteiger partial charge in [0.05, 0.1) is 17.9 Å². The molecule has 1 aromatic heterocycles. The molecule has 0 N–H and O–H groups in total. The van der Waals surface area contributed by atoms with Crippen LogP contribution in [-0.2, 0) is 6.54 Å². The maximum absolute atomic E-state index is 13.3. The second-order valence-corrected chi connectivity index (χ2v) is 5.68. The van der Waals surface area contributed by atoms with Crippen LogP contribution in [0, 0.1) is 0 Å². The average Bonchev–Trinajstić information content (AvgIpc) is 2.58. The van der Waals surface area contributed by atoms with Crippen LogP contribution in [0.2, 0.25) is 0 Å². The maximum Gasteiger partial charge on any atom is 0.266 e. The standard InChI is InChI=1S/C12H16BrF2N3/c1-17(2)7-9-10(3-4-11(13)16-9)18-6-5-12(14,15)8-18/h3-4H,5-8H2,1-2H3. The summed E-state index contributed by atoms with van der Waals surface area (Å²) in [5.41, 5.74) is 1.64. The van der Waals surface area contributed by atoms with Crippen LogP contribution in [0.1, 0.15) is 12.1 Å². The van der Waals surface area contributed by atoms with Gasteiger partial charge in [0.15, 0.2) is 0 Å². The Hall–Kier alpha value is -0.750. The molecule has 6 heteroatoms. The van der Waals surface area contributed by atoms with E-state index >= 15 is 0 Å². The van der Waals surface area contributed by atoms with E-state index in [1.807, 2.05) is 25.1 Å². The summed E-state index contributed by atoms with van der Waals surface area (Å²) in [6.45, 7) is 0.810. The van der Waals surface area contributed by atoms with Crippen LogP contribution in [-0.4, -0.2) is 43.0 Å². The first-order chi connectivity index (χ1) is 8.37. The molecule has 0 aliphatic carbocycles. The van der Waals surface area contributed by atoms with Gasteiger partial charge < -0.3 is 9.80 Å². The molecule has 1 fully saturated rings. The lowest BCUT2D eigenvalue weighted by atomic mass is 10.2. The van der Waals surface area contributed by atoms with Crippen molar-refractivity contribution in [3.63, 3.8) is 0 Å². The summed E-state index contributed by atoms with van der Waals surface area (Å²) in [6.07, 6.45) is -0.0789. The Morgan fingerprint density at radius 1 is 1.44 bits per heavy atom. The summed E-state index contributed by atoms with van der Waals surface area (Å²) in [7, 11) is 3.87. The quantitative estimate of drug-likeness (QED) is 0.799. The number of aromatic nitrogens is 1. The van der Waals surface area contributed by atoms with Gasteiger partial charge in [0, 0.05) is 19.5 Å². The minimum atomic E-state index is -2.58. The van der Waals surface area contributed by atoms with Gasteiger partial charge in [-0.1, -0.05) is 0 Å². The van der Waals surface area contributed by atoms with E-state index in [2.05, 4.69) is 20.9 Å². The Balaban J connectivity index is 2.27. The predicted molar refractivity (Wildman–Crippen MR) is 71.1 cm³/mol. The fourth-order valence-electron chi connectivity index (χ4n) is 2.11. The van der Waals surface area contributed by atoms with Gasteiger partial charge in [-0.15, -0.1) is 0 Å². The van der Waals surface area contributed by atoms with Crippen molar-refractivity contribution in [1.29, 1.82) is 0 Å². The summed E-state index contributed by atoms with van der Waals surface area (Å²) >= 11 is 3.32. The Morgan fingerprint density at radius 3 is 2.72 bits per heavy atom. The molecule has 1 aromatic rings. The highest BCUT2D eigenvalue weighted by atomic mass is 79.9. The molecule has 0 amide bonds. The molecule has 0 radical (unpaired) electrons. The first-order valence-electron chi connectivity index (χ1n) is 5.80. The predicted octanol–water partition coefficient (Wildman–Crippen LogP) is 2.75. The van der Waals surface area contributed by atoms with Crippen LogP contribution in [0.15, 0.2) is 16.7 Å². The highest BCUT2D eigenvalue weighted by molar-refractivity contribution is 9.10. The molecular formula is C12H16BrF2N3. The molecule has 0 spiro atoms. The zero-order valence-corrected chi connectivity index (χ0v) is 12.0. The number of rotatable bonds is 3. The average molecular weight is 320 g/mol. The number of hydrogen-bond donors (Lipinski definition) is 0. The Kier molecular flexibility index (Phi) is 3.87. The molecule has 0 atom stereocenters. The largest absolute Gasteiger partial charge is 0.364 e. The fourth-order valence-corrected chi connectivity index (χ4v) is 2.46. The van der Waals surface area contributed by atoms with Crippen molar-refractivity contribution in [2.24, 2.45) is 0 Å².